The number of hydrogen-bond acceptors (Lipinski definition) is 2. The quantitative estimate of drug-likeness (QED) is 0.644. The van der Waals surface area contributed by atoms with E-state index in [-0.39, 0.29) is 5.41 Å². The van der Waals surface area contributed by atoms with Gasteiger partial charge in [-0.3, -0.25) is 4.99 Å². The predicted molar refractivity (Wildman–Crippen MR) is 107 cm³/mol. The van der Waals surface area contributed by atoms with E-state index in [1.165, 1.54) is 44.1 Å². The van der Waals surface area contributed by atoms with Crippen molar-refractivity contribution in [2.75, 3.05) is 39.9 Å². The number of nitrogens with one attached hydrogen (secondary N) is 1. The molecule has 0 bridgehead atoms. The Morgan fingerprint density at radius 1 is 1.27 bits per heavy atom. The van der Waals surface area contributed by atoms with Crippen molar-refractivity contribution >= 4 is 17.6 Å². The van der Waals surface area contributed by atoms with E-state index in [0.717, 1.165) is 43.8 Å². The fraction of sp³-hybridized carbons (Fsp3) is 0.667. The summed E-state index contributed by atoms with van der Waals surface area (Å²) in [6, 6.07) is 8.44. The van der Waals surface area contributed by atoms with Crippen molar-refractivity contribution in [1.82, 2.24) is 10.2 Å². The van der Waals surface area contributed by atoms with Crippen molar-refractivity contribution < 1.29 is 4.74 Å². The zero-order chi connectivity index (χ0) is 18.0. The highest BCUT2D eigenvalue weighted by Gasteiger charge is 2.43. The lowest BCUT2D eigenvalue weighted by molar-refractivity contribution is 0.156. The van der Waals surface area contributed by atoms with E-state index in [9.17, 15) is 0 Å². The maximum absolute atomic E-state index is 6.28. The van der Waals surface area contributed by atoms with Crippen LogP contribution < -0.4 is 5.32 Å². The zero-order valence-corrected chi connectivity index (χ0v) is 16.5. The van der Waals surface area contributed by atoms with E-state index in [2.05, 4.69) is 33.4 Å². The van der Waals surface area contributed by atoms with Crippen molar-refractivity contribution in [2.24, 2.45) is 10.4 Å². The first kappa shape index (κ1) is 18.1. The summed E-state index contributed by atoms with van der Waals surface area (Å²) in [5.41, 5.74) is 1.90. The Labute approximate surface area is 162 Å². The van der Waals surface area contributed by atoms with Gasteiger partial charge in [0.05, 0.1) is 6.61 Å². The highest BCUT2D eigenvalue weighted by molar-refractivity contribution is 6.30. The zero-order valence-electron chi connectivity index (χ0n) is 15.8. The molecule has 1 aliphatic carbocycles. The van der Waals surface area contributed by atoms with Crippen molar-refractivity contribution in [2.45, 2.75) is 43.9 Å². The Balaban J connectivity index is 1.45. The van der Waals surface area contributed by atoms with Crippen LogP contribution >= 0.6 is 11.6 Å². The molecule has 2 saturated heterocycles. The third kappa shape index (κ3) is 3.46. The van der Waals surface area contributed by atoms with Crippen LogP contribution in [-0.4, -0.2) is 50.8 Å². The standard InChI is InChI=1S/C21H30ClN3O/c1-23-19(25-11-9-20(15-25)10-12-26-16-20)24-14-21(7-2-3-8-21)17-5-4-6-18(22)13-17/h4-6,13H,2-3,7-12,14-16H2,1H3,(H,23,24). The number of ether oxygens (including phenoxy) is 1. The van der Waals surface area contributed by atoms with Crippen molar-refractivity contribution in [1.29, 1.82) is 0 Å². The number of rotatable bonds is 3. The summed E-state index contributed by atoms with van der Waals surface area (Å²) in [7, 11) is 1.90. The van der Waals surface area contributed by atoms with Crippen LogP contribution in [0, 0.1) is 5.41 Å². The second kappa shape index (κ2) is 7.40. The molecule has 1 saturated carbocycles. The highest BCUT2D eigenvalue weighted by atomic mass is 35.5. The second-order valence-corrected chi connectivity index (χ2v) is 8.81. The van der Waals surface area contributed by atoms with Gasteiger partial charge in [-0.25, -0.2) is 0 Å². The van der Waals surface area contributed by atoms with E-state index in [0.29, 0.717) is 5.41 Å². The molecule has 4 nitrogen and oxygen atoms in total. The molecule has 5 heteroatoms. The molecule has 3 fully saturated rings. The van der Waals surface area contributed by atoms with Crippen molar-refractivity contribution in [3.63, 3.8) is 0 Å². The number of nitrogens with zero attached hydrogens (tertiary/aromatic N) is 2. The number of halogens is 1. The third-order valence-electron chi connectivity index (χ3n) is 6.72. The lowest BCUT2D eigenvalue weighted by Crippen LogP contribution is -2.46. The Kier molecular flexibility index (Phi) is 5.15. The molecule has 1 unspecified atom stereocenters. The van der Waals surface area contributed by atoms with Crippen LogP contribution in [0.5, 0.6) is 0 Å². The van der Waals surface area contributed by atoms with E-state index in [1.54, 1.807) is 0 Å². The number of guanidine groups is 1. The average molecular weight is 376 g/mol. The molecule has 26 heavy (non-hydrogen) atoms. The van der Waals surface area contributed by atoms with Gasteiger partial charge in [0, 0.05) is 49.1 Å². The third-order valence-corrected chi connectivity index (χ3v) is 6.95. The smallest absolute Gasteiger partial charge is 0.193 e. The van der Waals surface area contributed by atoms with Crippen LogP contribution in [0.15, 0.2) is 29.3 Å². The molecule has 142 valence electrons. The van der Waals surface area contributed by atoms with Gasteiger partial charge in [-0.1, -0.05) is 36.6 Å². The minimum atomic E-state index is 0.175. The maximum Gasteiger partial charge on any atom is 0.193 e. The topological polar surface area (TPSA) is 36.9 Å². The minimum absolute atomic E-state index is 0.175. The van der Waals surface area contributed by atoms with Gasteiger partial charge in [-0.05, 0) is 43.4 Å². The molecule has 1 aromatic carbocycles. The second-order valence-electron chi connectivity index (χ2n) is 8.37. The summed E-state index contributed by atoms with van der Waals surface area (Å²) in [4.78, 5) is 7.02. The van der Waals surface area contributed by atoms with Crippen LogP contribution in [0.4, 0.5) is 0 Å². The molecular weight excluding hydrogens is 346 g/mol. The Bertz CT molecular complexity index is 663. The van der Waals surface area contributed by atoms with E-state index < -0.39 is 0 Å². The van der Waals surface area contributed by atoms with Crippen molar-refractivity contribution in [3.8, 4) is 0 Å². The van der Waals surface area contributed by atoms with Gasteiger partial charge in [0.15, 0.2) is 5.96 Å². The summed E-state index contributed by atoms with van der Waals surface area (Å²) in [6.07, 6.45) is 7.41. The number of benzene rings is 1. The molecule has 1 spiro atoms. The van der Waals surface area contributed by atoms with Gasteiger partial charge in [-0.15, -0.1) is 0 Å². The number of likely N-dealkylation sites (tertiary alicyclic amines) is 1. The van der Waals surface area contributed by atoms with Gasteiger partial charge < -0.3 is 15.0 Å². The Hall–Kier alpha value is -1.26. The normalized spacial score (nSPS) is 28.2. The van der Waals surface area contributed by atoms with E-state index in [4.69, 9.17) is 16.3 Å². The largest absolute Gasteiger partial charge is 0.381 e. The molecule has 2 heterocycles. The molecule has 0 amide bonds. The molecule has 0 radical (unpaired) electrons. The lowest BCUT2D eigenvalue weighted by Gasteiger charge is -2.33. The minimum Gasteiger partial charge on any atom is -0.381 e. The van der Waals surface area contributed by atoms with Gasteiger partial charge in [-0.2, -0.15) is 0 Å². The highest BCUT2D eigenvalue weighted by Crippen LogP contribution is 2.42. The number of hydrogen-bond donors (Lipinski definition) is 1. The van der Waals surface area contributed by atoms with Gasteiger partial charge in [0.2, 0.25) is 0 Å². The molecule has 2 aliphatic heterocycles. The van der Waals surface area contributed by atoms with Gasteiger partial charge in [0.25, 0.3) is 0 Å². The molecule has 0 aromatic heterocycles. The average Bonchev–Trinajstić information content (AvgIpc) is 3.39. The van der Waals surface area contributed by atoms with E-state index >= 15 is 0 Å². The van der Waals surface area contributed by atoms with Gasteiger partial charge >= 0.3 is 0 Å². The predicted octanol–water partition coefficient (Wildman–Crippen LogP) is 3.84. The molecule has 1 N–H and O–H groups in total. The summed E-state index contributed by atoms with van der Waals surface area (Å²) in [6.45, 7) is 4.90. The van der Waals surface area contributed by atoms with Crippen LogP contribution in [0.3, 0.4) is 0 Å². The monoisotopic (exact) mass is 375 g/mol. The van der Waals surface area contributed by atoms with Crippen LogP contribution in [0.2, 0.25) is 5.02 Å². The van der Waals surface area contributed by atoms with E-state index in [1.807, 2.05) is 13.1 Å². The summed E-state index contributed by atoms with van der Waals surface area (Å²) in [5, 5.41) is 4.54. The maximum atomic E-state index is 6.28. The summed E-state index contributed by atoms with van der Waals surface area (Å²) < 4.78 is 5.67. The molecule has 1 atom stereocenters. The summed E-state index contributed by atoms with van der Waals surface area (Å²) in [5.74, 6) is 1.04. The first-order valence-corrected chi connectivity index (χ1v) is 10.3. The van der Waals surface area contributed by atoms with Gasteiger partial charge in [0.1, 0.15) is 0 Å². The molecule has 1 aromatic rings. The van der Waals surface area contributed by atoms with Crippen LogP contribution in [-0.2, 0) is 10.2 Å². The first-order chi connectivity index (χ1) is 12.6. The molecular formula is C21H30ClN3O. The summed E-state index contributed by atoms with van der Waals surface area (Å²) >= 11 is 6.28. The molecule has 3 aliphatic rings. The lowest BCUT2D eigenvalue weighted by atomic mass is 9.79. The Morgan fingerprint density at radius 2 is 2.12 bits per heavy atom. The van der Waals surface area contributed by atoms with Crippen LogP contribution in [0.25, 0.3) is 0 Å². The fourth-order valence-electron chi connectivity index (χ4n) is 5.11. The fourth-order valence-corrected chi connectivity index (χ4v) is 5.30. The Morgan fingerprint density at radius 3 is 2.81 bits per heavy atom. The number of aliphatic imine (C=N–C) groups is 1. The SMILES string of the molecule is CN=C(NCC1(c2cccc(Cl)c2)CCCC1)N1CCC2(CCOC2)C1. The van der Waals surface area contributed by atoms with Crippen LogP contribution in [0.1, 0.15) is 44.1 Å². The van der Waals surface area contributed by atoms with Crippen molar-refractivity contribution in [3.05, 3.63) is 34.9 Å². The first-order valence-electron chi connectivity index (χ1n) is 9.94. The molecule has 4 rings (SSSR count).